The Balaban J connectivity index is 2.16. The SMILES string of the molecule is CCCc1nc(NC)c(C)c(NCC2CC2)n1. The van der Waals surface area contributed by atoms with Gasteiger partial charge in [-0.3, -0.25) is 0 Å². The summed E-state index contributed by atoms with van der Waals surface area (Å²) in [6.07, 6.45) is 4.73. The zero-order chi connectivity index (χ0) is 12.3. The van der Waals surface area contributed by atoms with Crippen molar-refractivity contribution in [2.45, 2.75) is 39.5 Å². The molecule has 1 aromatic heterocycles. The Kier molecular flexibility index (Phi) is 3.82. The van der Waals surface area contributed by atoms with Crippen molar-refractivity contribution in [1.29, 1.82) is 0 Å². The monoisotopic (exact) mass is 234 g/mol. The average molecular weight is 234 g/mol. The highest BCUT2D eigenvalue weighted by atomic mass is 15.1. The van der Waals surface area contributed by atoms with Gasteiger partial charge in [-0.1, -0.05) is 6.92 Å². The molecule has 0 aliphatic heterocycles. The van der Waals surface area contributed by atoms with Crippen LogP contribution in [0.5, 0.6) is 0 Å². The Bertz CT molecular complexity index is 385. The lowest BCUT2D eigenvalue weighted by Gasteiger charge is -2.13. The van der Waals surface area contributed by atoms with E-state index < -0.39 is 0 Å². The maximum absolute atomic E-state index is 4.61. The number of hydrogen-bond acceptors (Lipinski definition) is 4. The first-order chi connectivity index (χ1) is 8.24. The van der Waals surface area contributed by atoms with Gasteiger partial charge in [-0.25, -0.2) is 9.97 Å². The molecule has 2 rings (SSSR count). The molecule has 0 unspecified atom stereocenters. The highest BCUT2D eigenvalue weighted by Gasteiger charge is 2.21. The normalized spacial score (nSPS) is 14.8. The standard InChI is InChI=1S/C13H22N4/c1-4-5-11-16-12(14-3)9(2)13(17-11)15-8-10-6-7-10/h10H,4-8H2,1-3H3,(H2,14,15,16,17). The number of nitrogens with one attached hydrogen (secondary N) is 2. The van der Waals surface area contributed by atoms with Gasteiger partial charge in [0.15, 0.2) is 0 Å². The number of hydrogen-bond donors (Lipinski definition) is 2. The van der Waals surface area contributed by atoms with Gasteiger partial charge in [0.2, 0.25) is 0 Å². The van der Waals surface area contributed by atoms with E-state index in [-0.39, 0.29) is 0 Å². The highest BCUT2D eigenvalue weighted by molar-refractivity contribution is 5.57. The molecule has 94 valence electrons. The van der Waals surface area contributed by atoms with Crippen molar-refractivity contribution in [2.75, 3.05) is 24.2 Å². The molecule has 0 spiro atoms. The molecule has 0 aromatic carbocycles. The van der Waals surface area contributed by atoms with E-state index in [4.69, 9.17) is 0 Å². The summed E-state index contributed by atoms with van der Waals surface area (Å²) in [4.78, 5) is 9.13. The molecule has 0 saturated heterocycles. The van der Waals surface area contributed by atoms with Gasteiger partial charge in [0.1, 0.15) is 17.5 Å². The Labute approximate surface area is 103 Å². The summed E-state index contributed by atoms with van der Waals surface area (Å²) in [5.74, 6) is 3.74. The van der Waals surface area contributed by atoms with Crippen LogP contribution in [0, 0.1) is 12.8 Å². The molecule has 1 aromatic rings. The van der Waals surface area contributed by atoms with E-state index in [1.807, 2.05) is 7.05 Å². The van der Waals surface area contributed by atoms with E-state index in [0.717, 1.165) is 48.3 Å². The van der Waals surface area contributed by atoms with E-state index in [0.29, 0.717) is 0 Å². The Hall–Kier alpha value is -1.32. The minimum atomic E-state index is 0.858. The first-order valence-corrected chi connectivity index (χ1v) is 6.53. The quantitative estimate of drug-likeness (QED) is 0.794. The Morgan fingerprint density at radius 3 is 2.53 bits per heavy atom. The van der Waals surface area contributed by atoms with Gasteiger partial charge in [-0.15, -0.1) is 0 Å². The molecule has 4 heteroatoms. The van der Waals surface area contributed by atoms with Crippen LogP contribution in [0.3, 0.4) is 0 Å². The van der Waals surface area contributed by atoms with Gasteiger partial charge >= 0.3 is 0 Å². The fourth-order valence-corrected chi connectivity index (χ4v) is 1.88. The Morgan fingerprint density at radius 2 is 1.94 bits per heavy atom. The third-order valence-electron chi connectivity index (χ3n) is 3.16. The van der Waals surface area contributed by atoms with Crippen molar-refractivity contribution < 1.29 is 0 Å². The van der Waals surface area contributed by atoms with E-state index in [9.17, 15) is 0 Å². The van der Waals surface area contributed by atoms with Crippen molar-refractivity contribution in [3.63, 3.8) is 0 Å². The maximum Gasteiger partial charge on any atom is 0.134 e. The van der Waals surface area contributed by atoms with Gasteiger partial charge in [0.05, 0.1) is 0 Å². The average Bonchev–Trinajstić information content (AvgIpc) is 3.13. The molecule has 4 nitrogen and oxygen atoms in total. The van der Waals surface area contributed by atoms with Gasteiger partial charge < -0.3 is 10.6 Å². The fourth-order valence-electron chi connectivity index (χ4n) is 1.88. The van der Waals surface area contributed by atoms with Crippen molar-refractivity contribution in [3.05, 3.63) is 11.4 Å². The lowest BCUT2D eigenvalue weighted by atomic mass is 10.2. The molecule has 17 heavy (non-hydrogen) atoms. The topological polar surface area (TPSA) is 49.8 Å². The second-order valence-electron chi connectivity index (χ2n) is 4.79. The van der Waals surface area contributed by atoms with E-state index in [2.05, 4.69) is 34.4 Å². The van der Waals surface area contributed by atoms with Crippen LogP contribution in [-0.2, 0) is 6.42 Å². The van der Waals surface area contributed by atoms with Crippen LogP contribution in [0.2, 0.25) is 0 Å². The smallest absolute Gasteiger partial charge is 0.134 e. The van der Waals surface area contributed by atoms with Crippen molar-refractivity contribution in [3.8, 4) is 0 Å². The molecule has 0 radical (unpaired) electrons. The van der Waals surface area contributed by atoms with E-state index in [1.54, 1.807) is 0 Å². The summed E-state index contributed by atoms with van der Waals surface area (Å²) in [6, 6.07) is 0. The van der Waals surface area contributed by atoms with Crippen LogP contribution in [0.25, 0.3) is 0 Å². The Morgan fingerprint density at radius 1 is 1.24 bits per heavy atom. The molecule has 2 N–H and O–H groups in total. The summed E-state index contributed by atoms with van der Waals surface area (Å²) in [7, 11) is 1.91. The highest BCUT2D eigenvalue weighted by Crippen LogP contribution is 2.29. The number of aromatic nitrogens is 2. The molecular weight excluding hydrogens is 212 g/mol. The van der Waals surface area contributed by atoms with Crippen LogP contribution in [0.1, 0.15) is 37.6 Å². The molecule has 1 aliphatic rings. The summed E-state index contributed by atoms with van der Waals surface area (Å²) in [6.45, 7) is 5.27. The molecule has 0 bridgehead atoms. The van der Waals surface area contributed by atoms with E-state index >= 15 is 0 Å². The summed E-state index contributed by atoms with van der Waals surface area (Å²) >= 11 is 0. The minimum Gasteiger partial charge on any atom is -0.373 e. The fraction of sp³-hybridized carbons (Fsp3) is 0.692. The molecule has 1 aliphatic carbocycles. The lowest BCUT2D eigenvalue weighted by Crippen LogP contribution is -2.11. The first kappa shape index (κ1) is 12.1. The number of nitrogens with zero attached hydrogens (tertiary/aromatic N) is 2. The minimum absolute atomic E-state index is 0.858. The van der Waals surface area contributed by atoms with Crippen molar-refractivity contribution in [1.82, 2.24) is 9.97 Å². The van der Waals surface area contributed by atoms with Crippen molar-refractivity contribution in [2.24, 2.45) is 5.92 Å². The zero-order valence-corrected chi connectivity index (χ0v) is 11.0. The van der Waals surface area contributed by atoms with Crippen LogP contribution in [0.4, 0.5) is 11.6 Å². The van der Waals surface area contributed by atoms with Crippen LogP contribution in [-0.4, -0.2) is 23.6 Å². The first-order valence-electron chi connectivity index (χ1n) is 6.53. The number of rotatable bonds is 6. The predicted octanol–water partition coefficient (Wildman–Crippen LogP) is 2.60. The third-order valence-corrected chi connectivity index (χ3v) is 3.16. The molecule has 0 atom stereocenters. The molecule has 1 saturated carbocycles. The maximum atomic E-state index is 4.61. The molecule has 1 heterocycles. The van der Waals surface area contributed by atoms with Gasteiger partial charge in [-0.2, -0.15) is 0 Å². The zero-order valence-electron chi connectivity index (χ0n) is 11.0. The summed E-state index contributed by atoms with van der Waals surface area (Å²) in [5, 5.41) is 6.60. The van der Waals surface area contributed by atoms with E-state index in [1.165, 1.54) is 12.8 Å². The lowest BCUT2D eigenvalue weighted by molar-refractivity contribution is 0.823. The predicted molar refractivity (Wildman–Crippen MR) is 71.5 cm³/mol. The molecule has 0 amide bonds. The molecular formula is C13H22N4. The molecule has 1 fully saturated rings. The van der Waals surface area contributed by atoms with Gasteiger partial charge in [0, 0.05) is 25.6 Å². The largest absolute Gasteiger partial charge is 0.373 e. The number of aryl methyl sites for hydroxylation is 1. The van der Waals surface area contributed by atoms with Crippen molar-refractivity contribution >= 4 is 11.6 Å². The summed E-state index contributed by atoms with van der Waals surface area (Å²) in [5.41, 5.74) is 1.12. The second-order valence-corrected chi connectivity index (χ2v) is 4.79. The van der Waals surface area contributed by atoms with Crippen LogP contribution >= 0.6 is 0 Å². The van der Waals surface area contributed by atoms with Crippen LogP contribution in [0.15, 0.2) is 0 Å². The third kappa shape index (κ3) is 3.08. The second kappa shape index (κ2) is 5.34. The summed E-state index contributed by atoms with van der Waals surface area (Å²) < 4.78 is 0. The van der Waals surface area contributed by atoms with Gasteiger partial charge in [0.25, 0.3) is 0 Å². The number of anilines is 2. The van der Waals surface area contributed by atoms with Crippen LogP contribution < -0.4 is 10.6 Å². The van der Waals surface area contributed by atoms with Gasteiger partial charge in [-0.05, 0) is 32.1 Å².